The number of aliphatic imine (C=N–C) groups is 1. The number of phenols is 1. The minimum atomic E-state index is -4.24. The molecule has 0 aliphatic heterocycles. The Morgan fingerprint density at radius 2 is 2.11 bits per heavy atom. The molecule has 0 aromatic heterocycles. The van der Waals surface area contributed by atoms with Gasteiger partial charge in [0, 0.05) is 11.8 Å². The van der Waals surface area contributed by atoms with Crippen molar-refractivity contribution in [3.63, 3.8) is 0 Å². The zero-order valence-corrected chi connectivity index (χ0v) is 13.6. The van der Waals surface area contributed by atoms with Gasteiger partial charge in [-0.15, -0.1) is 6.58 Å². The van der Waals surface area contributed by atoms with E-state index in [0.717, 1.165) is 0 Å². The molecule has 1 N–H and O–H groups in total. The summed E-state index contributed by atoms with van der Waals surface area (Å²) in [5.74, 6) is -0.456. The van der Waals surface area contributed by atoms with Crippen LogP contribution in [0.25, 0.3) is 0 Å². The van der Waals surface area contributed by atoms with Crippen LogP contribution in [0.5, 0.6) is 5.75 Å². The zero-order chi connectivity index (χ0) is 13.6. The van der Waals surface area contributed by atoms with Crippen molar-refractivity contribution < 1.29 is 47.6 Å². The molecule has 0 bridgehead atoms. The number of benzene rings is 1. The van der Waals surface area contributed by atoms with Gasteiger partial charge in [-0.1, -0.05) is 18.2 Å². The summed E-state index contributed by atoms with van der Waals surface area (Å²) in [5.41, 5.74) is 1.20. The quantitative estimate of drug-likeness (QED) is 0.287. The third-order valence-corrected chi connectivity index (χ3v) is 2.90. The predicted octanol–water partition coefficient (Wildman–Crippen LogP) is -1.91. The van der Waals surface area contributed by atoms with E-state index in [-0.39, 0.29) is 41.9 Å². The van der Waals surface area contributed by atoms with Crippen LogP contribution in [0.1, 0.15) is 11.1 Å². The molecular weight excluding hydrogens is 277 g/mol. The first-order chi connectivity index (χ1) is 8.44. The van der Waals surface area contributed by atoms with Crippen LogP contribution in [-0.4, -0.2) is 36.6 Å². The number of aromatic hydroxyl groups is 1. The molecule has 0 saturated heterocycles. The first-order valence-electron chi connectivity index (χ1n) is 5.29. The van der Waals surface area contributed by atoms with Crippen molar-refractivity contribution in [1.29, 1.82) is 0 Å². The van der Waals surface area contributed by atoms with Crippen molar-refractivity contribution in [2.75, 3.05) is 12.3 Å². The number of para-hydroxylation sites is 1. The number of hydrogen-bond acceptors (Lipinski definition) is 5. The van der Waals surface area contributed by atoms with Crippen molar-refractivity contribution in [2.45, 2.75) is 6.42 Å². The van der Waals surface area contributed by atoms with Crippen LogP contribution in [0.15, 0.2) is 35.8 Å². The van der Waals surface area contributed by atoms with E-state index in [9.17, 15) is 18.1 Å². The molecule has 1 aromatic rings. The third-order valence-electron chi connectivity index (χ3n) is 2.22. The maximum atomic E-state index is 10.4. The fourth-order valence-electron chi connectivity index (χ4n) is 1.36. The topological polar surface area (TPSA) is 89.8 Å². The van der Waals surface area contributed by atoms with Gasteiger partial charge in [0.25, 0.3) is 0 Å². The summed E-state index contributed by atoms with van der Waals surface area (Å²) in [6, 6.07) is 5.16. The molecule has 0 aliphatic carbocycles. The molecule has 0 saturated carbocycles. The van der Waals surface area contributed by atoms with Crippen LogP contribution in [0.2, 0.25) is 0 Å². The minimum absolute atomic E-state index is 0. The molecule has 0 unspecified atom stereocenters. The van der Waals surface area contributed by atoms with Gasteiger partial charge in [0.15, 0.2) is 0 Å². The Balaban J connectivity index is 0.00000324. The van der Waals surface area contributed by atoms with Crippen molar-refractivity contribution in [1.82, 2.24) is 0 Å². The van der Waals surface area contributed by atoms with E-state index in [1.807, 2.05) is 0 Å². The third kappa shape index (κ3) is 6.89. The molecule has 0 atom stereocenters. The van der Waals surface area contributed by atoms with Gasteiger partial charge >= 0.3 is 29.6 Å². The summed E-state index contributed by atoms with van der Waals surface area (Å²) in [7, 11) is -4.24. The second kappa shape index (κ2) is 8.50. The Morgan fingerprint density at radius 1 is 1.42 bits per heavy atom. The molecule has 0 spiro atoms. The van der Waals surface area contributed by atoms with Crippen LogP contribution >= 0.6 is 0 Å². The van der Waals surface area contributed by atoms with Gasteiger partial charge in [-0.25, -0.2) is 8.42 Å². The summed E-state index contributed by atoms with van der Waals surface area (Å²) in [5, 5.41) is 9.86. The molecule has 7 heteroatoms. The molecule has 0 fully saturated rings. The van der Waals surface area contributed by atoms with Gasteiger partial charge in [-0.05, 0) is 18.1 Å². The van der Waals surface area contributed by atoms with E-state index in [1.54, 1.807) is 24.3 Å². The second-order valence-corrected chi connectivity index (χ2v) is 5.17. The van der Waals surface area contributed by atoms with E-state index in [0.29, 0.717) is 17.5 Å². The first-order valence-corrected chi connectivity index (χ1v) is 6.87. The molecule has 0 aliphatic rings. The monoisotopic (exact) mass is 291 g/mol. The number of phenolic OH excluding ortho intramolecular Hbond substituents is 1. The SMILES string of the molecule is C=CCc1cccc(C=NCCS(=O)(=O)[O-])c1O.[Na+]. The van der Waals surface area contributed by atoms with Gasteiger partial charge in [-0.3, -0.25) is 4.99 Å². The van der Waals surface area contributed by atoms with Gasteiger partial charge in [0.2, 0.25) is 0 Å². The van der Waals surface area contributed by atoms with E-state index in [1.165, 1.54) is 6.21 Å². The average molecular weight is 291 g/mol. The fourth-order valence-corrected chi connectivity index (χ4v) is 1.69. The van der Waals surface area contributed by atoms with Crippen molar-refractivity contribution in [2.24, 2.45) is 4.99 Å². The van der Waals surface area contributed by atoms with E-state index in [4.69, 9.17) is 0 Å². The molecular formula is C12H14NNaO4S. The van der Waals surface area contributed by atoms with Crippen molar-refractivity contribution in [3.05, 3.63) is 42.0 Å². The Hall–Kier alpha value is -0.660. The molecule has 0 radical (unpaired) electrons. The molecule has 1 rings (SSSR count). The molecule has 1 aromatic carbocycles. The molecule has 0 heterocycles. The predicted molar refractivity (Wildman–Crippen MR) is 69.0 cm³/mol. The summed E-state index contributed by atoms with van der Waals surface area (Å²) in [4.78, 5) is 3.80. The van der Waals surface area contributed by atoms with Crippen LogP contribution in [0, 0.1) is 0 Å². The van der Waals surface area contributed by atoms with Crippen LogP contribution in [-0.2, 0) is 16.5 Å². The number of hydrogen-bond donors (Lipinski definition) is 1. The Morgan fingerprint density at radius 3 is 2.68 bits per heavy atom. The normalized spacial score (nSPS) is 11.2. The maximum absolute atomic E-state index is 10.4. The van der Waals surface area contributed by atoms with E-state index < -0.39 is 15.9 Å². The van der Waals surface area contributed by atoms with Gasteiger partial charge in [0.05, 0.1) is 22.4 Å². The zero-order valence-electron chi connectivity index (χ0n) is 10.7. The molecule has 98 valence electrons. The van der Waals surface area contributed by atoms with Crippen molar-refractivity contribution in [3.8, 4) is 5.75 Å². The van der Waals surface area contributed by atoms with Crippen LogP contribution in [0.3, 0.4) is 0 Å². The standard InChI is InChI=1S/C12H15NO4S.Na/c1-2-4-10-5-3-6-11(12(10)14)9-13-7-8-18(15,16)17;/h2-3,5-6,9,14H,1,4,7-8H2,(H,15,16,17);/q;+1/p-1. The summed E-state index contributed by atoms with van der Waals surface area (Å²) in [6.45, 7) is 3.47. The average Bonchev–Trinajstić information content (AvgIpc) is 2.28. The summed E-state index contributed by atoms with van der Waals surface area (Å²) >= 11 is 0. The Labute approximate surface area is 135 Å². The van der Waals surface area contributed by atoms with Crippen LogP contribution in [0.4, 0.5) is 0 Å². The summed E-state index contributed by atoms with van der Waals surface area (Å²) < 4.78 is 31.1. The van der Waals surface area contributed by atoms with Gasteiger partial charge in [-0.2, -0.15) is 0 Å². The van der Waals surface area contributed by atoms with Crippen molar-refractivity contribution >= 4 is 16.3 Å². The number of allylic oxidation sites excluding steroid dienone is 1. The maximum Gasteiger partial charge on any atom is 1.00 e. The smallest absolute Gasteiger partial charge is 0.748 e. The van der Waals surface area contributed by atoms with Crippen LogP contribution < -0.4 is 29.6 Å². The second-order valence-electron chi connectivity index (χ2n) is 3.64. The Bertz CT molecular complexity index is 555. The first kappa shape index (κ1) is 18.3. The summed E-state index contributed by atoms with van der Waals surface area (Å²) in [6.07, 6.45) is 3.55. The van der Waals surface area contributed by atoms with E-state index >= 15 is 0 Å². The largest absolute Gasteiger partial charge is 1.00 e. The number of rotatable bonds is 6. The molecule has 0 amide bonds. The Kier molecular flexibility index (Phi) is 8.20. The molecule has 5 nitrogen and oxygen atoms in total. The van der Waals surface area contributed by atoms with Gasteiger partial charge < -0.3 is 9.66 Å². The van der Waals surface area contributed by atoms with Gasteiger partial charge in [0.1, 0.15) is 5.75 Å². The minimum Gasteiger partial charge on any atom is -0.748 e. The fraction of sp³-hybridized carbons (Fsp3) is 0.250. The molecule has 19 heavy (non-hydrogen) atoms. The van der Waals surface area contributed by atoms with E-state index in [2.05, 4.69) is 11.6 Å². The number of nitrogens with zero attached hydrogens (tertiary/aromatic N) is 1.